The SMILES string of the molecule is CCC(CS)C(=O)CC(Cc1c[nH]c2ccccc12)C(=O)CC(CS)C(=O)CC(Cc1c[nH]c2ccccc12)C(=O)CC(CCCN=C(N)N)C(=O)CC(CC(=O)O)C(=O)N1CCCC1C(=O)CCC(=O)CC(CCCN=C(N)N)C(=O)CC(CO)C(=O)NCC(C)=O. The summed E-state index contributed by atoms with van der Waals surface area (Å²) in [5.41, 5.74) is 25.3. The molecule has 1 aliphatic rings. The molecule has 2 amide bonds. The maximum atomic E-state index is 15.1. The molecule has 4 aromatic rings. The van der Waals surface area contributed by atoms with Crippen molar-refractivity contribution in [3.05, 3.63) is 72.1 Å². The van der Waals surface area contributed by atoms with Crippen LogP contribution in [0.2, 0.25) is 0 Å². The van der Waals surface area contributed by atoms with Crippen molar-refractivity contribution in [2.45, 2.75) is 142 Å². The van der Waals surface area contributed by atoms with Crippen LogP contribution in [-0.2, 0) is 70.4 Å². The van der Waals surface area contributed by atoms with Gasteiger partial charge in [0.2, 0.25) is 11.8 Å². The number of aromatic nitrogens is 2. The van der Waals surface area contributed by atoms with Gasteiger partial charge in [-0.05, 0) is 93.7 Å². The van der Waals surface area contributed by atoms with Gasteiger partial charge in [-0.1, -0.05) is 43.3 Å². The number of carboxylic acid groups (broad SMARTS) is 1. The number of thiol groups is 2. The number of Topliss-reactive ketones (excluding diaryl/α,β-unsaturated/α-hetero) is 9. The first-order valence-electron chi connectivity index (χ1n) is 31.9. The number of aliphatic hydroxyl groups is 1. The van der Waals surface area contributed by atoms with Gasteiger partial charge >= 0.3 is 5.97 Å². The second kappa shape index (κ2) is 38.4. The van der Waals surface area contributed by atoms with Gasteiger partial charge in [-0.2, -0.15) is 25.3 Å². The summed E-state index contributed by atoms with van der Waals surface area (Å²) in [5.74, 6) is -14.8. The number of aliphatic hydroxyl groups excluding tert-OH is 1. The maximum Gasteiger partial charge on any atom is 0.304 e. The summed E-state index contributed by atoms with van der Waals surface area (Å²) in [6, 6.07) is 13.9. The molecule has 9 atom stereocenters. The van der Waals surface area contributed by atoms with Gasteiger partial charge in [-0.25, -0.2) is 0 Å². The lowest BCUT2D eigenvalue weighted by molar-refractivity contribution is -0.148. The number of nitrogens with one attached hydrogen (secondary N) is 3. The van der Waals surface area contributed by atoms with Gasteiger partial charge in [0, 0.05) is 153 Å². The largest absolute Gasteiger partial charge is 0.481 e. The second-order valence-electron chi connectivity index (χ2n) is 24.5. The zero-order chi connectivity index (χ0) is 68.3. The van der Waals surface area contributed by atoms with E-state index >= 15 is 4.79 Å². The first-order chi connectivity index (χ1) is 44.4. The van der Waals surface area contributed by atoms with Crippen LogP contribution >= 0.6 is 25.3 Å². The van der Waals surface area contributed by atoms with Gasteiger partial charge in [0.25, 0.3) is 0 Å². The van der Waals surface area contributed by atoms with E-state index in [4.69, 9.17) is 22.9 Å². The molecule has 506 valence electrons. The number of nitrogens with two attached hydrogens (primary N) is 4. The lowest BCUT2D eigenvalue weighted by atomic mass is 9.79. The smallest absolute Gasteiger partial charge is 0.304 e. The molecule has 93 heavy (non-hydrogen) atoms. The van der Waals surface area contributed by atoms with Gasteiger partial charge in [-0.15, -0.1) is 0 Å². The number of rotatable bonds is 46. The molecule has 1 fully saturated rings. The monoisotopic (exact) mass is 1320 g/mol. The van der Waals surface area contributed by atoms with Gasteiger partial charge in [-0.3, -0.25) is 67.5 Å². The number of fused-ring (bicyclic) bond motifs is 2. The fraction of sp³-hybridized carbons (Fsp3) is 0.552. The topological polar surface area (TPSA) is 421 Å². The number of likely N-dealkylation sites (tertiary alicyclic amines) is 1. The van der Waals surface area contributed by atoms with E-state index < -0.39 is 132 Å². The highest BCUT2D eigenvalue weighted by molar-refractivity contribution is 7.80. The van der Waals surface area contributed by atoms with Crippen LogP contribution in [0.4, 0.5) is 0 Å². The van der Waals surface area contributed by atoms with Crippen LogP contribution in [-0.4, -0.2) is 157 Å². The number of aliphatic imine (C=N–C) groups is 2. The minimum atomic E-state index is -1.49. The fourth-order valence-corrected chi connectivity index (χ4v) is 13.0. The Morgan fingerprint density at radius 1 is 0.602 bits per heavy atom. The predicted octanol–water partition coefficient (Wildman–Crippen LogP) is 4.97. The number of guanidine groups is 2. The Hall–Kier alpha value is -7.84. The molecule has 9 unspecified atom stereocenters. The third kappa shape index (κ3) is 23.9. The molecule has 2 aromatic carbocycles. The van der Waals surface area contributed by atoms with Crippen LogP contribution in [0.1, 0.15) is 134 Å². The van der Waals surface area contributed by atoms with Gasteiger partial charge in [0.1, 0.15) is 46.3 Å². The van der Waals surface area contributed by atoms with Crippen molar-refractivity contribution in [3.63, 3.8) is 0 Å². The van der Waals surface area contributed by atoms with E-state index in [1.165, 1.54) is 11.8 Å². The van der Waals surface area contributed by atoms with E-state index in [9.17, 15) is 63.0 Å². The summed E-state index contributed by atoms with van der Waals surface area (Å²) in [5, 5.41) is 24.2. The Kier molecular flexibility index (Phi) is 31.3. The number of carbonyl (C=O) groups excluding carboxylic acids is 11. The van der Waals surface area contributed by atoms with Crippen molar-refractivity contribution < 1.29 is 67.7 Å². The molecule has 0 bridgehead atoms. The summed E-state index contributed by atoms with van der Waals surface area (Å²) in [4.78, 5) is 181. The highest BCUT2D eigenvalue weighted by atomic mass is 32.1. The second-order valence-corrected chi connectivity index (χ2v) is 25.2. The summed E-state index contributed by atoms with van der Waals surface area (Å²) < 4.78 is 0. The number of aliphatic carboxylic acids is 1. The van der Waals surface area contributed by atoms with E-state index in [2.05, 4.69) is 50.5 Å². The zero-order valence-electron chi connectivity index (χ0n) is 53.2. The number of carbonyl (C=O) groups is 12. The molecule has 13 N–H and O–H groups in total. The number of aromatic amines is 2. The Morgan fingerprint density at radius 3 is 1.54 bits per heavy atom. The van der Waals surface area contributed by atoms with E-state index in [1.807, 2.05) is 61.7 Å². The average Bonchev–Trinajstić information content (AvgIpc) is 1.78. The van der Waals surface area contributed by atoms with Crippen molar-refractivity contribution >= 4 is 129 Å². The Morgan fingerprint density at radius 2 is 1.05 bits per heavy atom. The molecule has 3 heterocycles. The number of H-pyrrole nitrogens is 2. The number of carboxylic acids is 1. The molecule has 0 spiro atoms. The van der Waals surface area contributed by atoms with Crippen LogP contribution in [0.15, 0.2) is 70.9 Å². The third-order valence-electron chi connectivity index (χ3n) is 17.5. The Balaban J connectivity index is 1.35. The first-order valence-corrected chi connectivity index (χ1v) is 33.2. The van der Waals surface area contributed by atoms with Gasteiger partial charge in [0.15, 0.2) is 17.7 Å². The van der Waals surface area contributed by atoms with Gasteiger partial charge < -0.3 is 53.3 Å². The van der Waals surface area contributed by atoms with Crippen molar-refractivity contribution in [3.8, 4) is 0 Å². The number of nitrogens with zero attached hydrogens (tertiary/aromatic N) is 3. The normalized spacial score (nSPS) is 15.6. The van der Waals surface area contributed by atoms with Crippen molar-refractivity contribution in [1.29, 1.82) is 0 Å². The summed E-state index contributed by atoms with van der Waals surface area (Å²) in [7, 11) is 0. The Bertz CT molecular complexity index is 3350. The highest BCUT2D eigenvalue weighted by Crippen LogP contribution is 2.33. The first kappa shape index (κ1) is 75.9. The third-order valence-corrected chi connectivity index (χ3v) is 18.4. The molecule has 2 aromatic heterocycles. The van der Waals surface area contributed by atoms with Crippen molar-refractivity contribution in [2.75, 3.05) is 44.3 Å². The molecule has 0 radical (unpaired) electrons. The average molecular weight is 1330 g/mol. The van der Waals surface area contributed by atoms with Crippen LogP contribution in [0.5, 0.6) is 0 Å². The van der Waals surface area contributed by atoms with Gasteiger partial charge in [0.05, 0.1) is 37.5 Å². The molecule has 1 saturated heterocycles. The fourth-order valence-electron chi connectivity index (χ4n) is 12.2. The lowest BCUT2D eigenvalue weighted by Gasteiger charge is -2.28. The number of para-hydroxylation sites is 2. The highest BCUT2D eigenvalue weighted by Gasteiger charge is 2.41. The number of hydrogen-bond donors (Lipinski definition) is 11. The van der Waals surface area contributed by atoms with E-state index in [-0.39, 0.29) is 151 Å². The van der Waals surface area contributed by atoms with E-state index in [1.54, 1.807) is 6.20 Å². The molecule has 5 rings (SSSR count). The van der Waals surface area contributed by atoms with E-state index in [0.29, 0.717) is 24.2 Å². The minimum Gasteiger partial charge on any atom is -0.481 e. The van der Waals surface area contributed by atoms with Crippen LogP contribution in [0.3, 0.4) is 0 Å². The molecular weight excluding hydrogens is 1230 g/mol. The van der Waals surface area contributed by atoms with Crippen LogP contribution in [0, 0.1) is 47.3 Å². The van der Waals surface area contributed by atoms with Crippen LogP contribution in [0.25, 0.3) is 21.8 Å². The van der Waals surface area contributed by atoms with Crippen molar-refractivity contribution in [2.24, 2.45) is 80.3 Å². The molecule has 24 nitrogen and oxygen atoms in total. The van der Waals surface area contributed by atoms with Crippen LogP contribution < -0.4 is 28.3 Å². The number of benzene rings is 2. The number of ketones is 9. The molecule has 0 aliphatic carbocycles. The number of hydrogen-bond acceptors (Lipinski definition) is 17. The molecule has 1 aliphatic heterocycles. The Labute approximate surface area is 552 Å². The molecule has 26 heteroatoms. The summed E-state index contributed by atoms with van der Waals surface area (Å²) in [6.07, 6.45) is 1.44. The summed E-state index contributed by atoms with van der Waals surface area (Å²) >= 11 is 8.96. The maximum absolute atomic E-state index is 15.1. The predicted molar refractivity (Wildman–Crippen MR) is 359 cm³/mol. The lowest BCUT2D eigenvalue weighted by Crippen LogP contribution is -2.45. The van der Waals surface area contributed by atoms with E-state index in [0.717, 1.165) is 27.4 Å². The molecule has 0 saturated carbocycles. The zero-order valence-corrected chi connectivity index (χ0v) is 55.0. The van der Waals surface area contributed by atoms with Crippen molar-refractivity contribution in [1.82, 2.24) is 20.2 Å². The minimum absolute atomic E-state index is 0.0134. The quantitative estimate of drug-likeness (QED) is 0.0120. The summed E-state index contributed by atoms with van der Waals surface area (Å²) in [6.45, 7) is 2.33. The number of amides is 2. The molecular formula is C67H92N10O14S2. The standard InChI is InChI=1S/C67H92N10O14S2/c1-3-40(37-92)57(82)27-43(23-46-34-74-53-15-6-4-13-51(46)53)61(86)31-49(38-93)62(87)28-44(24-47-35-75-54-16-7-5-14-52(47)54)60(85)26-42(12-9-21-73-67(70)71)58(83)29-45(32-63(88)89)65(91)77-22-10-17-55(77)56(81)19-18-50(80)25-41(11-8-20-72-66(68)69)59(84)30-48(36-78)64(90)76-33-39(2)79/h4-7,13-16,34-35,40-45,48-49,55,74-75,78,92-93H,3,8-12,17-33,36-38H2,1-2H3,(H,76,90)(H,88,89)(H4,68,69,72)(H4,70,71,73).